The summed E-state index contributed by atoms with van der Waals surface area (Å²) in [6, 6.07) is 5.59. The summed E-state index contributed by atoms with van der Waals surface area (Å²) in [4.78, 5) is 0.371. The van der Waals surface area contributed by atoms with E-state index in [2.05, 4.69) is 19.2 Å². The average Bonchev–Trinajstić information content (AvgIpc) is 2.26. The van der Waals surface area contributed by atoms with E-state index in [9.17, 15) is 0 Å². The Morgan fingerprint density at radius 3 is 2.75 bits per heavy atom. The first-order valence-corrected chi connectivity index (χ1v) is 6.16. The van der Waals surface area contributed by atoms with Crippen LogP contribution in [0.2, 0.25) is 5.02 Å². The highest BCUT2D eigenvalue weighted by atomic mass is 35.5. The van der Waals surface area contributed by atoms with Gasteiger partial charge in [-0.05, 0) is 24.1 Å². The lowest BCUT2D eigenvalue weighted by Crippen LogP contribution is -2.12. The summed E-state index contributed by atoms with van der Waals surface area (Å²) < 4.78 is 0. The Morgan fingerprint density at radius 1 is 1.56 bits per heavy atom. The van der Waals surface area contributed by atoms with Crippen molar-refractivity contribution in [3.05, 3.63) is 28.8 Å². The van der Waals surface area contributed by atoms with Crippen molar-refractivity contribution in [2.24, 2.45) is 11.7 Å². The first-order valence-electron chi connectivity index (χ1n) is 5.37. The number of thiocarbonyl (C=S) groups is 1. The highest BCUT2D eigenvalue weighted by molar-refractivity contribution is 7.80. The van der Waals surface area contributed by atoms with Gasteiger partial charge < -0.3 is 11.1 Å². The molecule has 0 saturated heterocycles. The Labute approximate surface area is 107 Å². The molecule has 0 aliphatic rings. The van der Waals surface area contributed by atoms with Gasteiger partial charge >= 0.3 is 0 Å². The largest absolute Gasteiger partial charge is 0.389 e. The first kappa shape index (κ1) is 13.3. The molecule has 0 amide bonds. The Balaban J connectivity index is 2.72. The maximum absolute atomic E-state index is 6.12. The quantitative estimate of drug-likeness (QED) is 0.793. The summed E-state index contributed by atoms with van der Waals surface area (Å²) >= 11 is 11.0. The maximum atomic E-state index is 6.12. The molecule has 16 heavy (non-hydrogen) atoms. The van der Waals surface area contributed by atoms with Crippen molar-refractivity contribution in [2.75, 3.05) is 11.9 Å². The van der Waals surface area contributed by atoms with E-state index in [1.807, 2.05) is 12.1 Å². The maximum Gasteiger partial charge on any atom is 0.104 e. The molecule has 0 spiro atoms. The lowest BCUT2D eigenvalue weighted by atomic mass is 10.1. The summed E-state index contributed by atoms with van der Waals surface area (Å²) in [5, 5.41) is 3.97. The number of anilines is 1. The Hall–Kier alpha value is -0.800. The number of rotatable bonds is 5. The van der Waals surface area contributed by atoms with E-state index in [4.69, 9.17) is 29.6 Å². The number of hydrogen-bond donors (Lipinski definition) is 2. The van der Waals surface area contributed by atoms with Crippen molar-refractivity contribution >= 4 is 34.5 Å². The number of nitrogens with two attached hydrogens (primary N) is 1. The molecule has 2 nitrogen and oxygen atoms in total. The fraction of sp³-hybridized carbons (Fsp3) is 0.417. The molecule has 1 aromatic carbocycles. The molecule has 0 bridgehead atoms. The Morgan fingerprint density at radius 2 is 2.25 bits per heavy atom. The van der Waals surface area contributed by atoms with Gasteiger partial charge in [0, 0.05) is 12.1 Å². The number of hydrogen-bond acceptors (Lipinski definition) is 2. The predicted molar refractivity (Wildman–Crippen MR) is 75.3 cm³/mol. The van der Waals surface area contributed by atoms with E-state index < -0.39 is 0 Å². The van der Waals surface area contributed by atoms with Gasteiger partial charge in [0.05, 0.1) is 10.7 Å². The zero-order valence-electron chi connectivity index (χ0n) is 9.59. The summed E-state index contributed by atoms with van der Waals surface area (Å²) in [5.74, 6) is 0.631. The van der Waals surface area contributed by atoms with Crippen LogP contribution in [0.1, 0.15) is 25.8 Å². The molecule has 0 saturated carbocycles. The molecule has 0 radical (unpaired) electrons. The van der Waals surface area contributed by atoms with Crippen LogP contribution in [-0.4, -0.2) is 11.5 Å². The van der Waals surface area contributed by atoms with Crippen molar-refractivity contribution in [3.8, 4) is 0 Å². The molecule has 1 atom stereocenters. The standard InChI is InChI=1S/C12H17ClN2S/c1-3-8(2)7-15-11-5-4-9(12(14)16)6-10(11)13/h4-6,8,15H,3,7H2,1-2H3,(H2,14,16). The van der Waals surface area contributed by atoms with Crippen LogP contribution in [0.4, 0.5) is 5.69 Å². The van der Waals surface area contributed by atoms with Crippen LogP contribution in [0, 0.1) is 5.92 Å². The van der Waals surface area contributed by atoms with Crippen LogP contribution in [0.15, 0.2) is 18.2 Å². The van der Waals surface area contributed by atoms with Crippen molar-refractivity contribution in [2.45, 2.75) is 20.3 Å². The molecule has 1 unspecified atom stereocenters. The van der Waals surface area contributed by atoms with Crippen LogP contribution >= 0.6 is 23.8 Å². The van der Waals surface area contributed by atoms with Crippen LogP contribution < -0.4 is 11.1 Å². The third kappa shape index (κ3) is 3.65. The molecule has 0 aromatic heterocycles. The second kappa shape index (κ2) is 6.06. The zero-order valence-corrected chi connectivity index (χ0v) is 11.2. The second-order valence-corrected chi connectivity index (χ2v) is 4.80. The molecule has 0 fully saturated rings. The van der Waals surface area contributed by atoms with Gasteiger partial charge in [0.2, 0.25) is 0 Å². The van der Waals surface area contributed by atoms with Gasteiger partial charge in [-0.2, -0.15) is 0 Å². The minimum absolute atomic E-state index is 0.371. The van der Waals surface area contributed by atoms with Crippen molar-refractivity contribution in [1.29, 1.82) is 0 Å². The predicted octanol–water partition coefficient (Wildman–Crippen LogP) is 3.43. The lowest BCUT2D eigenvalue weighted by molar-refractivity contribution is 0.593. The minimum atomic E-state index is 0.371. The molecule has 88 valence electrons. The van der Waals surface area contributed by atoms with Crippen LogP contribution in [0.5, 0.6) is 0 Å². The zero-order chi connectivity index (χ0) is 12.1. The Kier molecular flexibility index (Phi) is 5.03. The van der Waals surface area contributed by atoms with E-state index in [0.717, 1.165) is 24.2 Å². The Bertz CT molecular complexity index is 379. The van der Waals surface area contributed by atoms with Crippen LogP contribution in [0.25, 0.3) is 0 Å². The SMILES string of the molecule is CCC(C)CNc1ccc(C(N)=S)cc1Cl. The number of halogens is 1. The van der Waals surface area contributed by atoms with E-state index in [1.54, 1.807) is 6.07 Å². The van der Waals surface area contributed by atoms with Gasteiger partial charge in [-0.15, -0.1) is 0 Å². The number of benzene rings is 1. The average molecular weight is 257 g/mol. The topological polar surface area (TPSA) is 38.0 Å². The normalized spacial score (nSPS) is 12.2. The molecular formula is C12H17ClN2S. The van der Waals surface area contributed by atoms with Crippen molar-refractivity contribution in [3.63, 3.8) is 0 Å². The van der Waals surface area contributed by atoms with Gasteiger partial charge in [-0.1, -0.05) is 44.1 Å². The van der Waals surface area contributed by atoms with E-state index >= 15 is 0 Å². The lowest BCUT2D eigenvalue weighted by Gasteiger charge is -2.13. The summed E-state index contributed by atoms with van der Waals surface area (Å²) in [6.07, 6.45) is 1.15. The molecule has 0 heterocycles. The monoisotopic (exact) mass is 256 g/mol. The third-order valence-corrected chi connectivity index (χ3v) is 3.14. The number of nitrogens with one attached hydrogen (secondary N) is 1. The van der Waals surface area contributed by atoms with E-state index in [-0.39, 0.29) is 0 Å². The van der Waals surface area contributed by atoms with E-state index in [0.29, 0.717) is 15.9 Å². The fourth-order valence-electron chi connectivity index (χ4n) is 1.24. The van der Waals surface area contributed by atoms with Crippen LogP contribution in [-0.2, 0) is 0 Å². The smallest absolute Gasteiger partial charge is 0.104 e. The van der Waals surface area contributed by atoms with Gasteiger partial charge in [0.1, 0.15) is 4.99 Å². The fourth-order valence-corrected chi connectivity index (χ4v) is 1.61. The molecule has 4 heteroatoms. The van der Waals surface area contributed by atoms with Gasteiger partial charge in [-0.3, -0.25) is 0 Å². The van der Waals surface area contributed by atoms with E-state index in [1.165, 1.54) is 0 Å². The van der Waals surface area contributed by atoms with Crippen molar-refractivity contribution < 1.29 is 0 Å². The van der Waals surface area contributed by atoms with Gasteiger partial charge in [0.15, 0.2) is 0 Å². The molecular weight excluding hydrogens is 240 g/mol. The summed E-state index contributed by atoms with van der Waals surface area (Å²) in [6.45, 7) is 5.29. The third-order valence-electron chi connectivity index (χ3n) is 2.59. The van der Waals surface area contributed by atoms with Crippen molar-refractivity contribution in [1.82, 2.24) is 0 Å². The summed E-state index contributed by atoms with van der Waals surface area (Å²) in [5.41, 5.74) is 7.26. The molecule has 1 aromatic rings. The second-order valence-electron chi connectivity index (χ2n) is 3.95. The molecule has 0 aliphatic carbocycles. The molecule has 0 aliphatic heterocycles. The van der Waals surface area contributed by atoms with Gasteiger partial charge in [-0.25, -0.2) is 0 Å². The molecule has 3 N–H and O–H groups in total. The highest BCUT2D eigenvalue weighted by Crippen LogP contribution is 2.23. The first-order chi connectivity index (χ1) is 7.54. The van der Waals surface area contributed by atoms with Crippen LogP contribution in [0.3, 0.4) is 0 Å². The summed E-state index contributed by atoms with van der Waals surface area (Å²) in [7, 11) is 0. The minimum Gasteiger partial charge on any atom is -0.389 e. The molecule has 1 rings (SSSR count). The highest BCUT2D eigenvalue weighted by Gasteiger charge is 2.04. The van der Waals surface area contributed by atoms with Gasteiger partial charge in [0.25, 0.3) is 0 Å².